The molecule has 0 radical (unpaired) electrons. The summed E-state index contributed by atoms with van der Waals surface area (Å²) >= 11 is 5.91. The fraction of sp³-hybridized carbons (Fsp3) is 0.0833. The van der Waals surface area contributed by atoms with Gasteiger partial charge in [0, 0.05) is 12.1 Å². The first kappa shape index (κ1) is 11.0. The van der Waals surface area contributed by atoms with E-state index >= 15 is 0 Å². The lowest BCUT2D eigenvalue weighted by Crippen LogP contribution is -1.98. The molecule has 3 rings (SSSR count). The zero-order valence-electron chi connectivity index (χ0n) is 9.15. The number of phenolic OH excluding ortho intramolecular Hbond substituents is 2. The van der Waals surface area contributed by atoms with Gasteiger partial charge >= 0.3 is 5.63 Å². The maximum absolute atomic E-state index is 11.8. The Morgan fingerprint density at radius 2 is 1.78 bits per heavy atom. The van der Waals surface area contributed by atoms with Crippen LogP contribution in [-0.4, -0.2) is 10.2 Å². The summed E-state index contributed by atoms with van der Waals surface area (Å²) < 4.78 is 10.4. The van der Waals surface area contributed by atoms with Gasteiger partial charge in [-0.2, -0.15) is 0 Å². The van der Waals surface area contributed by atoms with Crippen LogP contribution < -0.4 is 5.63 Å². The average molecular weight is 267 g/mol. The third kappa shape index (κ3) is 1.31. The van der Waals surface area contributed by atoms with Crippen molar-refractivity contribution in [2.24, 2.45) is 0 Å². The Labute approximate surface area is 105 Å². The molecule has 0 atom stereocenters. The van der Waals surface area contributed by atoms with Gasteiger partial charge in [-0.25, -0.2) is 4.79 Å². The molecule has 5 nitrogen and oxygen atoms in total. The second kappa shape index (κ2) is 3.43. The molecule has 18 heavy (non-hydrogen) atoms. The van der Waals surface area contributed by atoms with Crippen LogP contribution >= 0.6 is 11.6 Å². The van der Waals surface area contributed by atoms with Gasteiger partial charge in [-0.05, 0) is 6.92 Å². The van der Waals surface area contributed by atoms with Crippen LogP contribution in [0.2, 0.25) is 5.02 Å². The lowest BCUT2D eigenvalue weighted by Gasteiger charge is -2.00. The third-order valence-electron chi connectivity index (χ3n) is 2.69. The van der Waals surface area contributed by atoms with Crippen molar-refractivity contribution in [2.45, 2.75) is 6.92 Å². The van der Waals surface area contributed by atoms with Crippen LogP contribution in [0.25, 0.3) is 21.9 Å². The minimum Gasteiger partial charge on any atom is -0.504 e. The largest absolute Gasteiger partial charge is 0.504 e. The highest BCUT2D eigenvalue weighted by molar-refractivity contribution is 6.39. The van der Waals surface area contributed by atoms with E-state index in [0.717, 1.165) is 0 Å². The highest BCUT2D eigenvalue weighted by atomic mass is 35.5. The molecule has 2 heterocycles. The van der Waals surface area contributed by atoms with Gasteiger partial charge in [0.2, 0.25) is 0 Å². The van der Waals surface area contributed by atoms with E-state index < -0.39 is 17.1 Å². The van der Waals surface area contributed by atoms with Gasteiger partial charge in [-0.3, -0.25) is 0 Å². The summed E-state index contributed by atoms with van der Waals surface area (Å²) in [5, 5.41) is 19.3. The molecule has 92 valence electrons. The molecule has 0 aliphatic carbocycles. The predicted molar refractivity (Wildman–Crippen MR) is 65.3 cm³/mol. The third-order valence-corrected chi connectivity index (χ3v) is 3.06. The molecular weight excluding hydrogens is 260 g/mol. The van der Waals surface area contributed by atoms with Crippen molar-refractivity contribution in [3.8, 4) is 11.5 Å². The number of hydrogen-bond donors (Lipinski definition) is 2. The van der Waals surface area contributed by atoms with E-state index in [2.05, 4.69) is 0 Å². The minimum absolute atomic E-state index is 0.139. The van der Waals surface area contributed by atoms with Gasteiger partial charge in [0.25, 0.3) is 0 Å². The first-order valence-electron chi connectivity index (χ1n) is 5.06. The molecule has 3 aromatic rings. The highest BCUT2D eigenvalue weighted by Crippen LogP contribution is 2.42. The number of hydrogen-bond acceptors (Lipinski definition) is 5. The molecule has 0 saturated carbocycles. The zero-order chi connectivity index (χ0) is 13.0. The average Bonchev–Trinajstić information content (AvgIpc) is 2.64. The van der Waals surface area contributed by atoms with Crippen LogP contribution in [0, 0.1) is 6.92 Å². The summed E-state index contributed by atoms with van der Waals surface area (Å²) in [6, 6.07) is 2.74. The molecule has 2 N–H and O–H groups in total. The summed E-state index contributed by atoms with van der Waals surface area (Å²) in [7, 11) is 0. The van der Waals surface area contributed by atoms with E-state index in [4.69, 9.17) is 20.4 Å². The smallest absolute Gasteiger partial charge is 0.347 e. The van der Waals surface area contributed by atoms with Crippen molar-refractivity contribution in [1.29, 1.82) is 0 Å². The first-order chi connectivity index (χ1) is 8.49. The van der Waals surface area contributed by atoms with Crippen LogP contribution in [0.5, 0.6) is 11.5 Å². The standard InChI is InChI=1S/C12H7ClO5/c1-4-2-6-9(12(16)17-4)8-7(18-6)3-5(14)11(15)10(8)13/h2-3,14-15H,1H3. The van der Waals surface area contributed by atoms with Crippen LogP contribution in [0.1, 0.15) is 5.76 Å². The van der Waals surface area contributed by atoms with E-state index in [-0.39, 0.29) is 21.4 Å². The molecule has 0 unspecified atom stereocenters. The SMILES string of the molecule is Cc1cc2oc3cc(O)c(O)c(Cl)c3c2c(=O)o1. The van der Waals surface area contributed by atoms with E-state index in [1.54, 1.807) is 13.0 Å². The summed E-state index contributed by atoms with van der Waals surface area (Å²) in [5.41, 5.74) is -0.0930. The number of rotatable bonds is 0. The van der Waals surface area contributed by atoms with Gasteiger partial charge in [-0.15, -0.1) is 0 Å². The van der Waals surface area contributed by atoms with Crippen molar-refractivity contribution in [2.75, 3.05) is 0 Å². The van der Waals surface area contributed by atoms with Gasteiger partial charge in [0.15, 0.2) is 11.5 Å². The van der Waals surface area contributed by atoms with Crippen molar-refractivity contribution in [1.82, 2.24) is 0 Å². The monoisotopic (exact) mass is 266 g/mol. The van der Waals surface area contributed by atoms with Crippen LogP contribution in [0.15, 0.2) is 25.8 Å². The molecule has 2 aromatic heterocycles. The number of furan rings is 1. The van der Waals surface area contributed by atoms with E-state index in [0.29, 0.717) is 11.3 Å². The van der Waals surface area contributed by atoms with Gasteiger partial charge in [0.05, 0.1) is 10.4 Å². The van der Waals surface area contributed by atoms with Crippen LogP contribution in [0.4, 0.5) is 0 Å². The lowest BCUT2D eigenvalue weighted by atomic mass is 10.2. The molecule has 0 spiro atoms. The second-order valence-electron chi connectivity index (χ2n) is 3.92. The second-order valence-corrected chi connectivity index (χ2v) is 4.30. The molecule has 1 aromatic carbocycles. The number of phenols is 2. The quantitative estimate of drug-likeness (QED) is 0.611. The van der Waals surface area contributed by atoms with Crippen molar-refractivity contribution < 1.29 is 19.0 Å². The maximum Gasteiger partial charge on any atom is 0.347 e. The van der Waals surface area contributed by atoms with E-state index in [1.165, 1.54) is 6.07 Å². The first-order valence-corrected chi connectivity index (χ1v) is 5.44. The zero-order valence-corrected chi connectivity index (χ0v) is 9.91. The molecule has 0 saturated heterocycles. The molecule has 0 aliphatic heterocycles. The fourth-order valence-corrected chi connectivity index (χ4v) is 2.21. The molecule has 6 heteroatoms. The molecule has 0 fully saturated rings. The van der Waals surface area contributed by atoms with Gasteiger partial charge in [0.1, 0.15) is 22.3 Å². The Hall–Kier alpha value is -2.14. The van der Waals surface area contributed by atoms with Crippen LogP contribution in [-0.2, 0) is 0 Å². The Balaban J connectivity index is 2.67. The Kier molecular flexibility index (Phi) is 2.09. The van der Waals surface area contributed by atoms with Gasteiger partial charge < -0.3 is 19.0 Å². The topological polar surface area (TPSA) is 83.8 Å². The molecular formula is C12H7ClO5. The van der Waals surface area contributed by atoms with Crippen molar-refractivity contribution in [3.63, 3.8) is 0 Å². The normalized spacial score (nSPS) is 11.4. The van der Waals surface area contributed by atoms with E-state index in [9.17, 15) is 15.0 Å². The minimum atomic E-state index is -0.601. The summed E-state index contributed by atoms with van der Waals surface area (Å²) in [5.74, 6) is -0.504. The number of aromatic hydroxyl groups is 2. The van der Waals surface area contributed by atoms with Crippen molar-refractivity contribution in [3.05, 3.63) is 33.3 Å². The molecule has 0 amide bonds. The van der Waals surface area contributed by atoms with E-state index in [1.807, 2.05) is 0 Å². The Morgan fingerprint density at radius 3 is 2.50 bits per heavy atom. The predicted octanol–water partition coefficient (Wildman–Crippen LogP) is 2.91. The Bertz CT molecular complexity index is 843. The van der Waals surface area contributed by atoms with Gasteiger partial charge in [-0.1, -0.05) is 11.6 Å². The van der Waals surface area contributed by atoms with Crippen LogP contribution in [0.3, 0.4) is 0 Å². The van der Waals surface area contributed by atoms with Crippen molar-refractivity contribution >= 4 is 33.5 Å². The number of fused-ring (bicyclic) bond motifs is 3. The summed E-state index contributed by atoms with van der Waals surface area (Å²) in [6.45, 7) is 1.62. The summed E-state index contributed by atoms with van der Waals surface area (Å²) in [6.07, 6.45) is 0. The fourth-order valence-electron chi connectivity index (χ4n) is 1.93. The Morgan fingerprint density at radius 1 is 1.11 bits per heavy atom. The number of benzene rings is 1. The summed E-state index contributed by atoms with van der Waals surface area (Å²) in [4.78, 5) is 11.8. The lowest BCUT2D eigenvalue weighted by molar-refractivity contribution is 0.404. The molecule has 0 aliphatic rings. The number of aryl methyl sites for hydroxylation is 1. The number of halogens is 1. The maximum atomic E-state index is 11.8. The highest BCUT2D eigenvalue weighted by Gasteiger charge is 2.20. The molecule has 0 bridgehead atoms.